The second-order valence-electron chi connectivity index (χ2n) is 6.68. The summed E-state index contributed by atoms with van der Waals surface area (Å²) < 4.78 is 11.5. The number of hydrogen-bond acceptors (Lipinski definition) is 3. The predicted molar refractivity (Wildman–Crippen MR) is 96.8 cm³/mol. The summed E-state index contributed by atoms with van der Waals surface area (Å²) in [6.45, 7) is 6.48. The number of ether oxygens (including phenoxy) is 1. The van der Waals surface area contributed by atoms with Crippen LogP contribution in [-0.2, 0) is 22.2 Å². The van der Waals surface area contributed by atoms with E-state index in [2.05, 4.69) is 0 Å². The quantitative estimate of drug-likeness (QED) is 0.732. The third kappa shape index (κ3) is 6.18. The molecule has 0 bridgehead atoms. The van der Waals surface area contributed by atoms with Crippen molar-refractivity contribution in [2.45, 2.75) is 38.8 Å². The molecule has 24 heavy (non-hydrogen) atoms. The van der Waals surface area contributed by atoms with E-state index in [9.17, 15) is 9.90 Å². The summed E-state index contributed by atoms with van der Waals surface area (Å²) in [7, 11) is -1.90. The molecule has 0 saturated heterocycles. The van der Waals surface area contributed by atoms with Crippen molar-refractivity contribution in [1.29, 1.82) is 0 Å². The Morgan fingerprint density at radius 2 is 1.62 bits per heavy atom. The Morgan fingerprint density at radius 3 is 2.17 bits per heavy atom. The fourth-order valence-corrected chi connectivity index (χ4v) is 3.32. The molecule has 1 N–H and O–H groups in total. The lowest BCUT2D eigenvalue weighted by molar-refractivity contribution is -0.145. The van der Waals surface area contributed by atoms with Crippen molar-refractivity contribution in [3.8, 4) is 5.75 Å². The number of rotatable bonds is 8. The van der Waals surface area contributed by atoms with Gasteiger partial charge in [-0.3, -0.25) is 0 Å². The van der Waals surface area contributed by atoms with Crippen LogP contribution in [0.2, 0.25) is 19.6 Å². The Balaban J connectivity index is 1.94. The smallest absolute Gasteiger partial charge is 0.331 e. The van der Waals surface area contributed by atoms with E-state index in [4.69, 9.17) is 9.16 Å². The van der Waals surface area contributed by atoms with E-state index in [1.54, 1.807) is 0 Å². The average Bonchev–Trinajstić information content (AvgIpc) is 2.53. The van der Waals surface area contributed by atoms with Gasteiger partial charge >= 0.3 is 5.97 Å². The lowest BCUT2D eigenvalue weighted by Crippen LogP contribution is -2.37. The van der Waals surface area contributed by atoms with Crippen molar-refractivity contribution in [1.82, 2.24) is 0 Å². The van der Waals surface area contributed by atoms with E-state index in [1.165, 1.54) is 0 Å². The first kappa shape index (κ1) is 18.2. The van der Waals surface area contributed by atoms with Crippen LogP contribution in [0.25, 0.3) is 0 Å². The van der Waals surface area contributed by atoms with Crippen LogP contribution in [0, 0.1) is 0 Å². The minimum atomic E-state index is -1.90. The Labute approximate surface area is 144 Å². The highest BCUT2D eigenvalue weighted by atomic mass is 28.4. The van der Waals surface area contributed by atoms with E-state index < -0.39 is 20.4 Å². The molecule has 2 aromatic rings. The molecule has 0 aliphatic heterocycles. The minimum absolute atomic E-state index is 0.360. The van der Waals surface area contributed by atoms with Crippen LogP contribution in [0.5, 0.6) is 5.75 Å². The first-order chi connectivity index (χ1) is 11.3. The van der Waals surface area contributed by atoms with Crippen molar-refractivity contribution >= 4 is 14.3 Å². The zero-order valence-corrected chi connectivity index (χ0v) is 15.4. The fourth-order valence-electron chi connectivity index (χ4n) is 2.28. The number of carbonyl (C=O) groups is 1. The van der Waals surface area contributed by atoms with Gasteiger partial charge in [-0.05, 0) is 42.9 Å². The molecule has 2 rings (SSSR count). The van der Waals surface area contributed by atoms with Gasteiger partial charge in [-0.25, -0.2) is 4.79 Å². The van der Waals surface area contributed by atoms with Crippen molar-refractivity contribution < 1.29 is 19.1 Å². The second-order valence-corrected chi connectivity index (χ2v) is 11.1. The van der Waals surface area contributed by atoms with Gasteiger partial charge in [0.2, 0.25) is 0 Å². The highest BCUT2D eigenvalue weighted by Crippen LogP contribution is 2.17. The van der Waals surface area contributed by atoms with Gasteiger partial charge < -0.3 is 14.3 Å². The SMILES string of the molecule is C[Si](C)(C)OC(Cc1ccc(OCc2ccccc2)cc1)C(=O)O. The summed E-state index contributed by atoms with van der Waals surface area (Å²) in [5.74, 6) is -0.151. The number of carboxylic acids is 1. The molecule has 0 aliphatic carbocycles. The number of hydrogen-bond donors (Lipinski definition) is 1. The zero-order chi connectivity index (χ0) is 17.6. The third-order valence-corrected chi connectivity index (χ3v) is 4.36. The largest absolute Gasteiger partial charge is 0.489 e. The van der Waals surface area contributed by atoms with Crippen LogP contribution in [0.1, 0.15) is 11.1 Å². The van der Waals surface area contributed by atoms with Crippen molar-refractivity contribution in [2.75, 3.05) is 0 Å². The highest BCUT2D eigenvalue weighted by Gasteiger charge is 2.26. The van der Waals surface area contributed by atoms with Gasteiger partial charge in [-0.2, -0.15) is 0 Å². The molecule has 4 nitrogen and oxygen atoms in total. The summed E-state index contributed by atoms with van der Waals surface area (Å²) in [4.78, 5) is 11.4. The Morgan fingerprint density at radius 1 is 1.00 bits per heavy atom. The van der Waals surface area contributed by atoms with Gasteiger partial charge in [0.25, 0.3) is 0 Å². The highest BCUT2D eigenvalue weighted by molar-refractivity contribution is 6.69. The van der Waals surface area contributed by atoms with Crippen molar-refractivity contribution in [2.24, 2.45) is 0 Å². The Hall–Kier alpha value is -2.11. The molecule has 0 amide bonds. The van der Waals surface area contributed by atoms with Crippen LogP contribution in [0.15, 0.2) is 54.6 Å². The molecule has 0 saturated carbocycles. The van der Waals surface area contributed by atoms with E-state index in [-0.39, 0.29) is 0 Å². The number of aliphatic carboxylic acids is 1. The summed E-state index contributed by atoms with van der Waals surface area (Å²) in [6.07, 6.45) is -0.439. The van der Waals surface area contributed by atoms with Gasteiger partial charge in [0.1, 0.15) is 18.5 Å². The second kappa shape index (κ2) is 8.12. The van der Waals surface area contributed by atoms with Gasteiger partial charge in [0.05, 0.1) is 0 Å². The molecule has 0 fully saturated rings. The lowest BCUT2D eigenvalue weighted by atomic mass is 10.1. The van der Waals surface area contributed by atoms with E-state index in [1.807, 2.05) is 74.2 Å². The van der Waals surface area contributed by atoms with Crippen LogP contribution in [-0.4, -0.2) is 25.5 Å². The Kier molecular flexibility index (Phi) is 6.17. The number of carboxylic acid groups (broad SMARTS) is 1. The first-order valence-corrected chi connectivity index (χ1v) is 11.4. The van der Waals surface area contributed by atoms with Gasteiger partial charge in [0.15, 0.2) is 8.32 Å². The van der Waals surface area contributed by atoms with Gasteiger partial charge in [-0.1, -0.05) is 42.5 Å². The lowest BCUT2D eigenvalue weighted by Gasteiger charge is -2.23. The molecule has 0 spiro atoms. The standard InChI is InChI=1S/C19H24O4Si/c1-24(2,3)23-18(19(20)21)13-15-9-11-17(12-10-15)22-14-16-7-5-4-6-8-16/h4-12,18H,13-14H2,1-3H3,(H,20,21). The summed E-state index contributed by atoms with van der Waals surface area (Å²) in [6, 6.07) is 17.5. The predicted octanol–water partition coefficient (Wildman–Crippen LogP) is 4.11. The monoisotopic (exact) mass is 344 g/mol. The number of benzene rings is 2. The maximum atomic E-state index is 11.4. The molecular formula is C19H24O4Si. The maximum Gasteiger partial charge on any atom is 0.331 e. The van der Waals surface area contributed by atoms with Gasteiger partial charge in [0, 0.05) is 6.42 Å². The van der Waals surface area contributed by atoms with Crippen LogP contribution < -0.4 is 4.74 Å². The molecule has 0 radical (unpaired) electrons. The molecule has 1 unspecified atom stereocenters. The normalized spacial score (nSPS) is 12.6. The molecule has 0 aromatic heterocycles. The molecule has 1 atom stereocenters. The maximum absolute atomic E-state index is 11.4. The van der Waals surface area contributed by atoms with Crippen LogP contribution in [0.3, 0.4) is 0 Å². The average molecular weight is 344 g/mol. The van der Waals surface area contributed by atoms with Crippen molar-refractivity contribution in [3.63, 3.8) is 0 Å². The van der Waals surface area contributed by atoms with E-state index >= 15 is 0 Å². The summed E-state index contributed by atoms with van der Waals surface area (Å²) in [5.41, 5.74) is 2.03. The minimum Gasteiger partial charge on any atom is -0.489 e. The molecular weight excluding hydrogens is 320 g/mol. The summed E-state index contributed by atoms with van der Waals surface area (Å²) >= 11 is 0. The fraction of sp³-hybridized carbons (Fsp3) is 0.316. The van der Waals surface area contributed by atoms with Crippen LogP contribution in [0.4, 0.5) is 0 Å². The first-order valence-electron chi connectivity index (χ1n) is 8.00. The molecule has 5 heteroatoms. The molecule has 2 aromatic carbocycles. The molecule has 0 aliphatic rings. The van der Waals surface area contributed by atoms with Crippen LogP contribution >= 0.6 is 0 Å². The van der Waals surface area contributed by atoms with E-state index in [0.717, 1.165) is 16.9 Å². The topological polar surface area (TPSA) is 55.8 Å². The van der Waals surface area contributed by atoms with Crippen molar-refractivity contribution in [3.05, 3.63) is 65.7 Å². The summed E-state index contributed by atoms with van der Waals surface area (Å²) in [5, 5.41) is 9.34. The molecule has 128 valence electrons. The zero-order valence-electron chi connectivity index (χ0n) is 14.4. The van der Waals surface area contributed by atoms with Gasteiger partial charge in [-0.15, -0.1) is 0 Å². The Bertz CT molecular complexity index is 647. The molecule has 0 heterocycles. The third-order valence-electron chi connectivity index (χ3n) is 3.36. The van der Waals surface area contributed by atoms with E-state index in [0.29, 0.717) is 13.0 Å².